The molecule has 0 saturated carbocycles. The molecule has 0 aliphatic carbocycles. The van der Waals surface area contributed by atoms with Gasteiger partial charge in [-0.3, -0.25) is 4.57 Å². The third kappa shape index (κ3) is 5.91. The molecule has 2 unspecified atom stereocenters. The van der Waals surface area contributed by atoms with Crippen LogP contribution >= 0.6 is 7.60 Å². The first-order chi connectivity index (χ1) is 12.7. The zero-order valence-corrected chi connectivity index (χ0v) is 17.5. The molecule has 5 nitrogen and oxygen atoms in total. The standard InChI is InChI=1S/C21H29O5P/c1-6-25-27(22,23)15-17-7-9-18(10-8-17)21(3,4)19-11-13-20(14-12-19)26-16(2)24-5/h7-14,16H,6,15H2,1-5H3,(H,22,23). The number of hydrogen-bond donors (Lipinski definition) is 1. The molecular formula is C21H29O5P. The summed E-state index contributed by atoms with van der Waals surface area (Å²) in [5, 5.41) is 0. The average molecular weight is 392 g/mol. The number of rotatable bonds is 9. The maximum Gasteiger partial charge on any atom is 0.332 e. The minimum absolute atomic E-state index is 0.0191. The first-order valence-corrected chi connectivity index (χ1v) is 10.8. The number of methoxy groups -OCH3 is 1. The second-order valence-corrected chi connectivity index (χ2v) is 8.83. The van der Waals surface area contributed by atoms with Crippen molar-refractivity contribution in [2.24, 2.45) is 0 Å². The van der Waals surface area contributed by atoms with Gasteiger partial charge in [-0.25, -0.2) is 0 Å². The highest BCUT2D eigenvalue weighted by atomic mass is 31.2. The van der Waals surface area contributed by atoms with E-state index in [-0.39, 0.29) is 24.5 Å². The Morgan fingerprint density at radius 2 is 1.56 bits per heavy atom. The van der Waals surface area contributed by atoms with Crippen molar-refractivity contribution in [1.29, 1.82) is 0 Å². The molecule has 0 aliphatic rings. The molecule has 1 N–H and O–H groups in total. The van der Waals surface area contributed by atoms with Crippen molar-refractivity contribution in [3.8, 4) is 5.75 Å². The van der Waals surface area contributed by atoms with Crippen molar-refractivity contribution >= 4 is 7.60 Å². The summed E-state index contributed by atoms with van der Waals surface area (Å²) in [6.45, 7) is 8.07. The Morgan fingerprint density at radius 3 is 2.04 bits per heavy atom. The molecule has 0 spiro atoms. The van der Waals surface area contributed by atoms with Gasteiger partial charge in [0.25, 0.3) is 0 Å². The van der Waals surface area contributed by atoms with Crippen molar-refractivity contribution in [1.82, 2.24) is 0 Å². The molecule has 0 bridgehead atoms. The summed E-state index contributed by atoms with van der Waals surface area (Å²) in [6.07, 6.45) is -0.277. The van der Waals surface area contributed by atoms with Gasteiger partial charge in [0.15, 0.2) is 6.29 Å². The molecule has 27 heavy (non-hydrogen) atoms. The SMILES string of the molecule is CCOP(=O)(O)Cc1ccc(C(C)(C)c2ccc(OC(C)OC)cc2)cc1. The lowest BCUT2D eigenvalue weighted by Gasteiger charge is -2.27. The van der Waals surface area contributed by atoms with Crippen LogP contribution in [0.1, 0.15) is 44.4 Å². The van der Waals surface area contributed by atoms with E-state index in [1.165, 1.54) is 0 Å². The number of benzene rings is 2. The van der Waals surface area contributed by atoms with Crippen LogP contribution in [0.3, 0.4) is 0 Å². The maximum absolute atomic E-state index is 11.9. The lowest BCUT2D eigenvalue weighted by molar-refractivity contribution is -0.0382. The summed E-state index contributed by atoms with van der Waals surface area (Å²) in [7, 11) is -1.97. The Bertz CT molecular complexity index is 768. The lowest BCUT2D eigenvalue weighted by Crippen LogP contribution is -2.19. The van der Waals surface area contributed by atoms with Crippen LogP contribution in [0.5, 0.6) is 5.75 Å². The monoisotopic (exact) mass is 392 g/mol. The Balaban J connectivity index is 2.15. The van der Waals surface area contributed by atoms with Gasteiger partial charge in [0, 0.05) is 12.5 Å². The van der Waals surface area contributed by atoms with Gasteiger partial charge in [0.1, 0.15) is 5.75 Å². The molecule has 0 fully saturated rings. The van der Waals surface area contributed by atoms with E-state index in [4.69, 9.17) is 14.0 Å². The summed E-state index contributed by atoms with van der Waals surface area (Å²) in [4.78, 5) is 9.79. The zero-order valence-electron chi connectivity index (χ0n) is 16.6. The Labute approximate surface area is 161 Å². The first kappa shape index (κ1) is 21.6. The molecule has 2 aromatic rings. The fourth-order valence-electron chi connectivity index (χ4n) is 2.86. The van der Waals surface area contributed by atoms with Gasteiger partial charge in [0.05, 0.1) is 12.8 Å². The predicted octanol–water partition coefficient (Wildman–Crippen LogP) is 5.11. The second-order valence-electron chi connectivity index (χ2n) is 6.98. The summed E-state index contributed by atoms with van der Waals surface area (Å²) in [5.41, 5.74) is 2.84. The van der Waals surface area contributed by atoms with Gasteiger partial charge in [-0.15, -0.1) is 0 Å². The van der Waals surface area contributed by atoms with E-state index in [2.05, 4.69) is 13.8 Å². The number of ether oxygens (including phenoxy) is 2. The number of hydrogen-bond acceptors (Lipinski definition) is 4. The third-order valence-corrected chi connectivity index (χ3v) is 6.03. The lowest BCUT2D eigenvalue weighted by atomic mass is 9.78. The Morgan fingerprint density at radius 1 is 1.04 bits per heavy atom. The van der Waals surface area contributed by atoms with Crippen LogP contribution < -0.4 is 4.74 Å². The van der Waals surface area contributed by atoms with E-state index in [1.54, 1.807) is 14.0 Å². The van der Waals surface area contributed by atoms with E-state index in [1.807, 2.05) is 55.5 Å². The van der Waals surface area contributed by atoms with Crippen LogP contribution in [0.25, 0.3) is 0 Å². The zero-order chi connectivity index (χ0) is 20.1. The average Bonchev–Trinajstić information content (AvgIpc) is 2.62. The molecule has 2 atom stereocenters. The van der Waals surface area contributed by atoms with Crippen molar-refractivity contribution in [3.63, 3.8) is 0 Å². The third-order valence-electron chi connectivity index (χ3n) is 4.60. The highest BCUT2D eigenvalue weighted by molar-refractivity contribution is 7.51. The Hall–Kier alpha value is -1.65. The van der Waals surface area contributed by atoms with Crippen LogP contribution in [0.15, 0.2) is 48.5 Å². The fraction of sp³-hybridized carbons (Fsp3) is 0.429. The van der Waals surface area contributed by atoms with E-state index in [0.717, 1.165) is 22.4 Å². The van der Waals surface area contributed by atoms with Crippen LogP contribution in [-0.2, 0) is 25.4 Å². The van der Waals surface area contributed by atoms with Gasteiger partial charge >= 0.3 is 7.60 Å². The van der Waals surface area contributed by atoms with Gasteiger partial charge in [-0.1, -0.05) is 50.2 Å². The topological polar surface area (TPSA) is 65.0 Å². The van der Waals surface area contributed by atoms with Gasteiger partial charge in [-0.05, 0) is 42.7 Å². The summed E-state index contributed by atoms with van der Waals surface area (Å²) < 4.78 is 27.6. The van der Waals surface area contributed by atoms with Crippen LogP contribution in [0.4, 0.5) is 0 Å². The van der Waals surface area contributed by atoms with Crippen LogP contribution in [-0.4, -0.2) is 24.9 Å². The largest absolute Gasteiger partial charge is 0.465 e. The van der Waals surface area contributed by atoms with E-state index in [9.17, 15) is 9.46 Å². The normalized spacial score (nSPS) is 15.2. The predicted molar refractivity (Wildman–Crippen MR) is 107 cm³/mol. The van der Waals surface area contributed by atoms with Gasteiger partial charge in [-0.2, -0.15) is 0 Å². The smallest absolute Gasteiger partial charge is 0.332 e. The van der Waals surface area contributed by atoms with Crippen LogP contribution in [0.2, 0.25) is 0 Å². The molecule has 2 aromatic carbocycles. The molecule has 2 rings (SSSR count). The van der Waals surface area contributed by atoms with Crippen molar-refractivity contribution < 1.29 is 23.5 Å². The van der Waals surface area contributed by atoms with E-state index >= 15 is 0 Å². The van der Waals surface area contributed by atoms with Crippen molar-refractivity contribution in [2.45, 2.75) is 45.6 Å². The van der Waals surface area contributed by atoms with E-state index < -0.39 is 7.60 Å². The highest BCUT2D eigenvalue weighted by Gasteiger charge is 2.24. The van der Waals surface area contributed by atoms with Crippen LogP contribution in [0, 0.1) is 0 Å². The minimum Gasteiger partial charge on any atom is -0.465 e. The molecule has 0 aliphatic heterocycles. The molecule has 148 valence electrons. The summed E-state index contributed by atoms with van der Waals surface area (Å²) >= 11 is 0. The molecule has 0 aromatic heterocycles. The second kappa shape index (κ2) is 9.03. The summed E-state index contributed by atoms with van der Waals surface area (Å²) in [6, 6.07) is 15.7. The van der Waals surface area contributed by atoms with Gasteiger partial charge < -0.3 is 18.9 Å². The Kier molecular flexibility index (Phi) is 7.24. The molecule has 0 saturated heterocycles. The fourth-order valence-corrected chi connectivity index (χ4v) is 4.03. The molecular weight excluding hydrogens is 363 g/mol. The van der Waals surface area contributed by atoms with E-state index in [0.29, 0.717) is 0 Å². The molecule has 0 amide bonds. The highest BCUT2D eigenvalue weighted by Crippen LogP contribution is 2.45. The molecule has 0 radical (unpaired) electrons. The molecule has 6 heteroatoms. The first-order valence-electron chi connectivity index (χ1n) is 9.03. The molecule has 0 heterocycles. The van der Waals surface area contributed by atoms with Crippen molar-refractivity contribution in [2.75, 3.05) is 13.7 Å². The van der Waals surface area contributed by atoms with Gasteiger partial charge in [0.2, 0.25) is 0 Å². The maximum atomic E-state index is 11.9. The summed E-state index contributed by atoms with van der Waals surface area (Å²) in [5.74, 6) is 0.758. The minimum atomic E-state index is -3.57. The van der Waals surface area contributed by atoms with Crippen molar-refractivity contribution in [3.05, 3.63) is 65.2 Å². The quantitative estimate of drug-likeness (QED) is 0.475.